The molecule has 18 heavy (non-hydrogen) atoms. The monoisotopic (exact) mass is 263 g/mol. The first-order valence-electron chi connectivity index (χ1n) is 5.76. The summed E-state index contributed by atoms with van der Waals surface area (Å²) in [6.07, 6.45) is 0. The lowest BCUT2D eigenvalue weighted by atomic mass is 9.96. The molecule has 2 aromatic carbocycles. The average molecular weight is 264 g/mol. The highest BCUT2D eigenvalue weighted by atomic mass is 35.5. The molecule has 0 amide bonds. The molecular formula is C15H15ClFN. The quantitative estimate of drug-likeness (QED) is 0.866. The van der Waals surface area contributed by atoms with Gasteiger partial charge in [0.25, 0.3) is 0 Å². The van der Waals surface area contributed by atoms with E-state index in [1.165, 1.54) is 0 Å². The van der Waals surface area contributed by atoms with Crippen molar-refractivity contribution in [2.45, 2.75) is 19.9 Å². The summed E-state index contributed by atoms with van der Waals surface area (Å²) in [7, 11) is 0. The zero-order chi connectivity index (χ0) is 13.3. The van der Waals surface area contributed by atoms with Crippen molar-refractivity contribution in [1.82, 2.24) is 0 Å². The van der Waals surface area contributed by atoms with E-state index in [2.05, 4.69) is 0 Å². The lowest BCUT2D eigenvalue weighted by Gasteiger charge is -2.15. The second kappa shape index (κ2) is 5.09. The van der Waals surface area contributed by atoms with Crippen molar-refractivity contribution in [2.24, 2.45) is 5.73 Å². The maximum absolute atomic E-state index is 13.6. The third-order valence-electron chi connectivity index (χ3n) is 3.03. The Morgan fingerprint density at radius 2 is 1.67 bits per heavy atom. The van der Waals surface area contributed by atoms with Crippen LogP contribution in [-0.2, 0) is 0 Å². The van der Waals surface area contributed by atoms with E-state index >= 15 is 0 Å². The van der Waals surface area contributed by atoms with Gasteiger partial charge in [0, 0.05) is 5.02 Å². The first-order chi connectivity index (χ1) is 8.49. The SMILES string of the molecule is Cc1cc(C(N)c2cccc(Cl)c2)cc(C)c1F. The molecular weight excluding hydrogens is 249 g/mol. The van der Waals surface area contributed by atoms with Gasteiger partial charge >= 0.3 is 0 Å². The van der Waals surface area contributed by atoms with Crippen LogP contribution in [0.25, 0.3) is 0 Å². The molecule has 0 heterocycles. The van der Waals surface area contributed by atoms with Gasteiger partial charge in [-0.3, -0.25) is 0 Å². The fourth-order valence-electron chi connectivity index (χ4n) is 2.05. The molecule has 0 aliphatic carbocycles. The largest absolute Gasteiger partial charge is 0.320 e. The molecule has 2 N–H and O–H groups in total. The van der Waals surface area contributed by atoms with Crippen LogP contribution >= 0.6 is 11.6 Å². The number of benzene rings is 2. The van der Waals surface area contributed by atoms with Crippen LogP contribution in [0.3, 0.4) is 0 Å². The Balaban J connectivity index is 2.43. The predicted octanol–water partition coefficient (Wildman–Crippen LogP) is 4.14. The molecule has 3 heteroatoms. The van der Waals surface area contributed by atoms with Gasteiger partial charge in [-0.1, -0.05) is 35.9 Å². The summed E-state index contributed by atoms with van der Waals surface area (Å²) >= 11 is 5.95. The maximum Gasteiger partial charge on any atom is 0.129 e. The minimum absolute atomic E-state index is 0.169. The fourth-order valence-corrected chi connectivity index (χ4v) is 2.25. The Bertz CT molecular complexity index is 557. The van der Waals surface area contributed by atoms with Gasteiger partial charge in [0.2, 0.25) is 0 Å². The van der Waals surface area contributed by atoms with Gasteiger partial charge in [0.15, 0.2) is 0 Å². The van der Waals surface area contributed by atoms with Crippen LogP contribution < -0.4 is 5.73 Å². The fraction of sp³-hybridized carbons (Fsp3) is 0.200. The molecule has 2 aromatic rings. The molecule has 0 bridgehead atoms. The van der Waals surface area contributed by atoms with Crippen LogP contribution in [0.5, 0.6) is 0 Å². The van der Waals surface area contributed by atoms with Gasteiger partial charge in [-0.25, -0.2) is 4.39 Å². The van der Waals surface area contributed by atoms with Crippen molar-refractivity contribution in [2.75, 3.05) is 0 Å². The zero-order valence-corrected chi connectivity index (χ0v) is 11.1. The number of rotatable bonds is 2. The van der Waals surface area contributed by atoms with Gasteiger partial charge in [0.05, 0.1) is 6.04 Å². The molecule has 0 aromatic heterocycles. The molecule has 0 aliphatic rings. The average Bonchev–Trinajstić information content (AvgIpc) is 2.34. The Morgan fingerprint density at radius 3 is 2.22 bits per heavy atom. The van der Waals surface area contributed by atoms with Crippen molar-refractivity contribution >= 4 is 11.6 Å². The van der Waals surface area contributed by atoms with Crippen molar-refractivity contribution in [3.05, 3.63) is 69.5 Å². The summed E-state index contributed by atoms with van der Waals surface area (Å²) in [5.41, 5.74) is 9.24. The lowest BCUT2D eigenvalue weighted by molar-refractivity contribution is 0.607. The minimum Gasteiger partial charge on any atom is -0.320 e. The van der Waals surface area contributed by atoms with E-state index in [1.807, 2.05) is 18.2 Å². The van der Waals surface area contributed by atoms with Gasteiger partial charge in [-0.15, -0.1) is 0 Å². The van der Waals surface area contributed by atoms with Crippen LogP contribution in [0.1, 0.15) is 28.3 Å². The van der Waals surface area contributed by atoms with Gasteiger partial charge < -0.3 is 5.73 Å². The number of nitrogens with two attached hydrogens (primary N) is 1. The molecule has 0 fully saturated rings. The zero-order valence-electron chi connectivity index (χ0n) is 10.4. The maximum atomic E-state index is 13.6. The summed E-state index contributed by atoms with van der Waals surface area (Å²) in [6, 6.07) is 10.7. The molecule has 0 aliphatic heterocycles. The second-order valence-corrected chi connectivity index (χ2v) is 4.94. The number of hydrogen-bond donors (Lipinski definition) is 1. The first-order valence-corrected chi connectivity index (χ1v) is 6.14. The van der Waals surface area contributed by atoms with Crippen molar-refractivity contribution < 1.29 is 4.39 Å². The molecule has 2 rings (SSSR count). The number of aryl methyl sites for hydroxylation is 2. The molecule has 1 atom stereocenters. The van der Waals surface area contributed by atoms with Crippen LogP contribution in [0.2, 0.25) is 5.02 Å². The highest BCUT2D eigenvalue weighted by molar-refractivity contribution is 6.30. The van der Waals surface area contributed by atoms with Crippen LogP contribution in [-0.4, -0.2) is 0 Å². The smallest absolute Gasteiger partial charge is 0.129 e. The number of hydrogen-bond acceptors (Lipinski definition) is 1. The van der Waals surface area contributed by atoms with E-state index in [9.17, 15) is 4.39 Å². The molecule has 1 nitrogen and oxygen atoms in total. The molecule has 0 saturated carbocycles. The van der Waals surface area contributed by atoms with Crippen LogP contribution in [0.15, 0.2) is 36.4 Å². The van der Waals surface area contributed by atoms with Crippen molar-refractivity contribution in [3.8, 4) is 0 Å². The summed E-state index contributed by atoms with van der Waals surface area (Å²) < 4.78 is 13.6. The van der Waals surface area contributed by atoms with E-state index in [4.69, 9.17) is 17.3 Å². The molecule has 0 radical (unpaired) electrons. The minimum atomic E-state index is -0.290. The highest BCUT2D eigenvalue weighted by Crippen LogP contribution is 2.25. The van der Waals surface area contributed by atoms with Crippen LogP contribution in [0.4, 0.5) is 4.39 Å². The normalized spacial score (nSPS) is 12.5. The molecule has 0 spiro atoms. The summed E-state index contributed by atoms with van der Waals surface area (Å²) in [6.45, 7) is 3.49. The Morgan fingerprint density at radius 1 is 1.06 bits per heavy atom. The molecule has 0 saturated heterocycles. The van der Waals surface area contributed by atoms with E-state index in [0.29, 0.717) is 16.1 Å². The Labute approximate surface area is 111 Å². The lowest BCUT2D eigenvalue weighted by Crippen LogP contribution is -2.12. The van der Waals surface area contributed by atoms with Gasteiger partial charge in [-0.05, 0) is 48.2 Å². The predicted molar refractivity (Wildman–Crippen MR) is 73.4 cm³/mol. The summed E-state index contributed by atoms with van der Waals surface area (Å²) in [4.78, 5) is 0. The third-order valence-corrected chi connectivity index (χ3v) is 3.26. The second-order valence-electron chi connectivity index (χ2n) is 4.50. The summed E-state index contributed by atoms with van der Waals surface area (Å²) in [5.74, 6) is -0.169. The molecule has 94 valence electrons. The van der Waals surface area contributed by atoms with E-state index < -0.39 is 0 Å². The highest BCUT2D eigenvalue weighted by Gasteiger charge is 2.12. The van der Waals surface area contributed by atoms with E-state index in [0.717, 1.165) is 11.1 Å². The van der Waals surface area contributed by atoms with Crippen LogP contribution in [0, 0.1) is 19.7 Å². The third kappa shape index (κ3) is 2.55. The standard InChI is InChI=1S/C15H15ClFN/c1-9-6-12(7-10(2)14(9)17)15(18)11-4-3-5-13(16)8-11/h3-8,15H,18H2,1-2H3. The van der Waals surface area contributed by atoms with E-state index in [1.54, 1.807) is 32.0 Å². The Kier molecular flexibility index (Phi) is 3.69. The van der Waals surface area contributed by atoms with Crippen molar-refractivity contribution in [3.63, 3.8) is 0 Å². The first kappa shape index (κ1) is 13.1. The summed E-state index contributed by atoms with van der Waals surface area (Å²) in [5, 5.41) is 0.651. The van der Waals surface area contributed by atoms with Gasteiger partial charge in [-0.2, -0.15) is 0 Å². The van der Waals surface area contributed by atoms with Gasteiger partial charge in [0.1, 0.15) is 5.82 Å². The van der Waals surface area contributed by atoms with E-state index in [-0.39, 0.29) is 11.9 Å². The number of halogens is 2. The molecule has 1 unspecified atom stereocenters. The topological polar surface area (TPSA) is 26.0 Å². The Hall–Kier alpha value is -1.38. The van der Waals surface area contributed by atoms with Crippen molar-refractivity contribution in [1.29, 1.82) is 0 Å².